The molecule has 0 saturated carbocycles. The molecule has 0 aliphatic rings. The first-order chi connectivity index (χ1) is 15.5. The Morgan fingerprint density at radius 2 is 2.06 bits per heavy atom. The number of fused-ring (bicyclic) bond motifs is 3. The number of rotatable bonds is 9. The maximum absolute atomic E-state index is 12.7. The van der Waals surface area contributed by atoms with Gasteiger partial charge in [0.25, 0.3) is 5.56 Å². The molecule has 0 aliphatic heterocycles. The smallest absolute Gasteiger partial charge is 0.297 e. The van der Waals surface area contributed by atoms with Crippen molar-refractivity contribution >= 4 is 39.7 Å². The van der Waals surface area contributed by atoms with Crippen LogP contribution in [-0.4, -0.2) is 43.0 Å². The highest BCUT2D eigenvalue weighted by Gasteiger charge is 2.15. The predicted molar refractivity (Wildman–Crippen MR) is 124 cm³/mol. The van der Waals surface area contributed by atoms with E-state index in [1.807, 2.05) is 24.5 Å². The number of nitrogens with zero attached hydrogens (tertiary/aromatic N) is 5. The summed E-state index contributed by atoms with van der Waals surface area (Å²) in [6.07, 6.45) is 4.83. The molecule has 0 atom stereocenters. The zero-order chi connectivity index (χ0) is 22.7. The van der Waals surface area contributed by atoms with Gasteiger partial charge in [0.15, 0.2) is 5.16 Å². The molecule has 0 spiro atoms. The first-order valence-electron chi connectivity index (χ1n) is 10.6. The number of aryl methyl sites for hydroxylation is 1. The fraction of sp³-hybridized carbons (Fsp3) is 0.409. The molecule has 1 N–H and O–H groups in total. The Kier molecular flexibility index (Phi) is 6.59. The lowest BCUT2D eigenvalue weighted by atomic mass is 10.2. The Bertz CT molecular complexity index is 1310. The van der Waals surface area contributed by atoms with Gasteiger partial charge in [-0.3, -0.25) is 14.2 Å². The van der Waals surface area contributed by atoms with E-state index in [1.165, 1.54) is 10.9 Å². The zero-order valence-corrected chi connectivity index (χ0v) is 19.2. The number of carbonyl (C=O) groups excluding carboxylic acids is 1. The lowest BCUT2D eigenvalue weighted by Crippen LogP contribution is -2.33. The van der Waals surface area contributed by atoms with E-state index in [4.69, 9.17) is 4.42 Å². The standard InChI is InChI=1S/C22H26N6O3S/c1-14(2)11-28-17(25-26-22(28)32-3)9-6-10-23-18(29)12-27-13-24-19-15-7-4-5-8-16(15)31-20(19)21(27)30/h4-5,7-8,13-14H,6,9-12H2,1-3H3,(H,23,29). The number of aromatic nitrogens is 5. The number of thioether (sulfide) groups is 1. The maximum Gasteiger partial charge on any atom is 0.297 e. The van der Waals surface area contributed by atoms with E-state index < -0.39 is 0 Å². The van der Waals surface area contributed by atoms with Gasteiger partial charge in [0, 0.05) is 24.9 Å². The monoisotopic (exact) mass is 454 g/mol. The van der Waals surface area contributed by atoms with Crippen molar-refractivity contribution < 1.29 is 9.21 Å². The third-order valence-electron chi connectivity index (χ3n) is 5.09. The van der Waals surface area contributed by atoms with Crippen LogP contribution in [0.3, 0.4) is 0 Å². The van der Waals surface area contributed by atoms with Crippen LogP contribution in [0.4, 0.5) is 0 Å². The number of amides is 1. The van der Waals surface area contributed by atoms with Gasteiger partial charge in [-0.25, -0.2) is 4.98 Å². The van der Waals surface area contributed by atoms with Crippen molar-refractivity contribution in [2.75, 3.05) is 12.8 Å². The molecule has 0 unspecified atom stereocenters. The molecule has 0 radical (unpaired) electrons. The molecule has 9 nitrogen and oxygen atoms in total. The van der Waals surface area contributed by atoms with Gasteiger partial charge in [-0.1, -0.05) is 37.7 Å². The van der Waals surface area contributed by atoms with Gasteiger partial charge < -0.3 is 14.3 Å². The van der Waals surface area contributed by atoms with Crippen LogP contribution >= 0.6 is 11.8 Å². The van der Waals surface area contributed by atoms with Crippen molar-refractivity contribution in [1.29, 1.82) is 0 Å². The van der Waals surface area contributed by atoms with Crippen molar-refractivity contribution in [2.45, 2.75) is 44.9 Å². The highest BCUT2D eigenvalue weighted by atomic mass is 32.2. The van der Waals surface area contributed by atoms with Crippen LogP contribution in [-0.2, 0) is 24.3 Å². The second kappa shape index (κ2) is 9.56. The van der Waals surface area contributed by atoms with Gasteiger partial charge in [0.2, 0.25) is 11.5 Å². The van der Waals surface area contributed by atoms with Crippen molar-refractivity contribution in [3.63, 3.8) is 0 Å². The number of hydrogen-bond acceptors (Lipinski definition) is 7. The van der Waals surface area contributed by atoms with Crippen LogP contribution < -0.4 is 10.9 Å². The summed E-state index contributed by atoms with van der Waals surface area (Å²) in [4.78, 5) is 29.4. The van der Waals surface area contributed by atoms with Crippen molar-refractivity contribution in [3.8, 4) is 0 Å². The Morgan fingerprint density at radius 1 is 1.25 bits per heavy atom. The maximum atomic E-state index is 12.7. The summed E-state index contributed by atoms with van der Waals surface area (Å²) in [5, 5.41) is 13.1. The average molecular weight is 455 g/mol. The average Bonchev–Trinajstić information content (AvgIpc) is 3.34. The molecule has 168 valence electrons. The van der Waals surface area contributed by atoms with Crippen LogP contribution in [0, 0.1) is 5.92 Å². The Morgan fingerprint density at radius 3 is 2.84 bits per heavy atom. The quantitative estimate of drug-likeness (QED) is 0.306. The first kappa shape index (κ1) is 22.1. The second-order valence-corrected chi connectivity index (χ2v) is 8.79. The van der Waals surface area contributed by atoms with Gasteiger partial charge in [-0.05, 0) is 30.7 Å². The molecular formula is C22H26N6O3S. The van der Waals surface area contributed by atoms with Gasteiger partial charge in [-0.2, -0.15) is 0 Å². The third-order valence-corrected chi connectivity index (χ3v) is 5.75. The molecule has 10 heteroatoms. The van der Waals surface area contributed by atoms with Crippen molar-refractivity contribution in [1.82, 2.24) is 29.6 Å². The lowest BCUT2D eigenvalue weighted by molar-refractivity contribution is -0.121. The number of carbonyl (C=O) groups is 1. The van der Waals surface area contributed by atoms with E-state index in [9.17, 15) is 9.59 Å². The summed E-state index contributed by atoms with van der Waals surface area (Å²) < 4.78 is 9.07. The van der Waals surface area contributed by atoms with Crippen LogP contribution in [0.2, 0.25) is 0 Å². The number of benzene rings is 1. The van der Waals surface area contributed by atoms with E-state index in [2.05, 4.69) is 38.9 Å². The van der Waals surface area contributed by atoms with Crippen molar-refractivity contribution in [2.24, 2.45) is 5.92 Å². The van der Waals surface area contributed by atoms with Crippen LogP contribution in [0.25, 0.3) is 22.1 Å². The number of furan rings is 1. The molecule has 1 amide bonds. The third kappa shape index (κ3) is 4.55. The molecule has 3 heterocycles. The predicted octanol–water partition coefficient (Wildman–Crippen LogP) is 2.86. The van der Waals surface area contributed by atoms with Gasteiger partial charge in [0.1, 0.15) is 23.5 Å². The molecule has 4 rings (SSSR count). The minimum Gasteiger partial charge on any atom is -0.448 e. The van der Waals surface area contributed by atoms with E-state index in [1.54, 1.807) is 17.8 Å². The second-order valence-electron chi connectivity index (χ2n) is 8.01. The Labute approximate surface area is 189 Å². The Balaban J connectivity index is 1.35. The molecule has 3 aromatic heterocycles. The van der Waals surface area contributed by atoms with Gasteiger partial charge in [0.05, 0.1) is 6.33 Å². The number of nitrogens with one attached hydrogen (secondary N) is 1. The normalized spacial score (nSPS) is 11.6. The van der Waals surface area contributed by atoms with E-state index >= 15 is 0 Å². The number of para-hydroxylation sites is 1. The van der Waals surface area contributed by atoms with Gasteiger partial charge >= 0.3 is 0 Å². The fourth-order valence-corrected chi connectivity index (χ4v) is 4.14. The summed E-state index contributed by atoms with van der Waals surface area (Å²) in [5.41, 5.74) is 0.907. The van der Waals surface area contributed by atoms with Crippen molar-refractivity contribution in [3.05, 3.63) is 46.8 Å². The zero-order valence-electron chi connectivity index (χ0n) is 18.4. The number of hydrogen-bond donors (Lipinski definition) is 1. The lowest BCUT2D eigenvalue weighted by Gasteiger charge is -2.12. The van der Waals surface area contributed by atoms with Crippen LogP contribution in [0.15, 0.2) is 45.0 Å². The highest BCUT2D eigenvalue weighted by Crippen LogP contribution is 2.24. The minimum absolute atomic E-state index is 0.112. The molecule has 0 aliphatic carbocycles. The topological polar surface area (TPSA) is 108 Å². The Hall–Kier alpha value is -3.14. The van der Waals surface area contributed by atoms with E-state index in [0.29, 0.717) is 30.0 Å². The van der Waals surface area contributed by atoms with E-state index in [-0.39, 0.29) is 23.6 Å². The first-order valence-corrected chi connectivity index (χ1v) is 11.8. The summed E-state index contributed by atoms with van der Waals surface area (Å²) in [6, 6.07) is 7.35. The molecule has 0 saturated heterocycles. The van der Waals surface area contributed by atoms with Crippen LogP contribution in [0.5, 0.6) is 0 Å². The summed E-state index contributed by atoms with van der Waals surface area (Å²) >= 11 is 1.58. The molecule has 32 heavy (non-hydrogen) atoms. The molecule has 4 aromatic rings. The highest BCUT2D eigenvalue weighted by molar-refractivity contribution is 7.98. The summed E-state index contributed by atoms with van der Waals surface area (Å²) in [5.74, 6) is 1.16. The fourth-order valence-electron chi connectivity index (χ4n) is 3.62. The summed E-state index contributed by atoms with van der Waals surface area (Å²) in [7, 11) is 0. The van der Waals surface area contributed by atoms with Gasteiger partial charge in [-0.15, -0.1) is 10.2 Å². The molecule has 0 fully saturated rings. The molecule has 0 bridgehead atoms. The molecular weight excluding hydrogens is 428 g/mol. The minimum atomic E-state index is -0.368. The van der Waals surface area contributed by atoms with E-state index in [0.717, 1.165) is 29.3 Å². The summed E-state index contributed by atoms with van der Waals surface area (Å²) in [6.45, 7) is 5.56. The largest absolute Gasteiger partial charge is 0.448 e. The SMILES string of the molecule is CSc1nnc(CCCNC(=O)Cn2cnc3c(oc4ccccc43)c2=O)n1CC(C)C. The molecule has 1 aromatic carbocycles. The van der Waals surface area contributed by atoms with Crippen LogP contribution in [0.1, 0.15) is 26.1 Å².